The van der Waals surface area contributed by atoms with E-state index in [4.69, 9.17) is 0 Å². The Morgan fingerprint density at radius 3 is 2.46 bits per heavy atom. The number of hydrogen-bond acceptors (Lipinski definition) is 3. The maximum atomic E-state index is 11.0. The van der Waals surface area contributed by atoms with Crippen molar-refractivity contribution < 1.29 is 14.3 Å². The van der Waals surface area contributed by atoms with E-state index in [1.165, 1.54) is 13.4 Å². The molecule has 1 radical (unpaired) electrons. The van der Waals surface area contributed by atoms with Crippen LogP contribution in [0.1, 0.15) is 18.6 Å². The number of carbonyl (C=O) groups excluding carboxylic acids is 2. The number of rotatable bonds is 4. The van der Waals surface area contributed by atoms with Crippen LogP contribution in [0.3, 0.4) is 0 Å². The summed E-state index contributed by atoms with van der Waals surface area (Å²) in [5.41, 5.74) is 0.665. The number of carbonyl (C=O) groups is 1. The molecule has 1 aromatic carbocycles. The third kappa shape index (κ3) is 2.40. The normalized spacial score (nSPS) is 11.8. The Labute approximate surface area is 76.3 Å². The highest BCUT2D eigenvalue weighted by molar-refractivity contribution is 5.82. The van der Waals surface area contributed by atoms with Gasteiger partial charge in [0.2, 0.25) is 0 Å². The van der Waals surface area contributed by atoms with Crippen molar-refractivity contribution in [2.24, 2.45) is 0 Å². The molecule has 0 saturated heterocycles. The molecule has 1 unspecified atom stereocenters. The standard InChI is InChI=1S/C10H9O3/c1-8(12)10(13-7-11)9-5-3-2-4-6-9/h2-6,10H,1H3. The number of ketones is 1. The Balaban J connectivity index is 2.88. The summed E-state index contributed by atoms with van der Waals surface area (Å²) in [5, 5.41) is 0. The molecule has 0 fully saturated rings. The molecule has 0 heterocycles. The predicted molar refractivity (Wildman–Crippen MR) is 46.6 cm³/mol. The fourth-order valence-corrected chi connectivity index (χ4v) is 1.06. The molecule has 3 heteroatoms. The predicted octanol–water partition coefficient (Wildman–Crippen LogP) is 1.40. The lowest BCUT2D eigenvalue weighted by atomic mass is 10.1. The highest BCUT2D eigenvalue weighted by atomic mass is 16.5. The van der Waals surface area contributed by atoms with Crippen LogP contribution in [0, 0.1) is 0 Å². The Kier molecular flexibility index (Phi) is 3.20. The first-order chi connectivity index (χ1) is 6.25. The lowest BCUT2D eigenvalue weighted by Gasteiger charge is -2.10. The molecule has 0 aliphatic heterocycles. The summed E-state index contributed by atoms with van der Waals surface area (Å²) in [6, 6.07) is 8.83. The molecule has 3 nitrogen and oxygen atoms in total. The fraction of sp³-hybridized carbons (Fsp3) is 0.200. The topological polar surface area (TPSA) is 43.4 Å². The lowest BCUT2D eigenvalue weighted by molar-refractivity contribution is -0.124. The molecule has 0 bridgehead atoms. The Morgan fingerprint density at radius 1 is 1.38 bits per heavy atom. The van der Waals surface area contributed by atoms with Crippen LogP contribution in [0.2, 0.25) is 0 Å². The van der Waals surface area contributed by atoms with Crippen molar-refractivity contribution in [3.05, 3.63) is 35.9 Å². The third-order valence-electron chi connectivity index (χ3n) is 1.64. The van der Waals surface area contributed by atoms with E-state index < -0.39 is 6.10 Å². The van der Waals surface area contributed by atoms with E-state index in [0.717, 1.165) is 0 Å². The van der Waals surface area contributed by atoms with Crippen LogP contribution in [0.15, 0.2) is 30.3 Å². The zero-order chi connectivity index (χ0) is 9.68. The van der Waals surface area contributed by atoms with Gasteiger partial charge in [-0.1, -0.05) is 30.3 Å². The van der Waals surface area contributed by atoms with Gasteiger partial charge in [-0.2, -0.15) is 0 Å². The minimum Gasteiger partial charge on any atom is -0.441 e. The average molecular weight is 177 g/mol. The molecule has 0 aliphatic rings. The lowest BCUT2D eigenvalue weighted by Crippen LogP contribution is -2.11. The van der Waals surface area contributed by atoms with Gasteiger partial charge < -0.3 is 4.74 Å². The SMILES string of the molecule is CC(=O)C(O[C]=O)c1ccccc1. The van der Waals surface area contributed by atoms with Crippen molar-refractivity contribution in [2.75, 3.05) is 0 Å². The average Bonchev–Trinajstić information content (AvgIpc) is 2.15. The molecule has 0 aromatic heterocycles. The van der Waals surface area contributed by atoms with Crippen molar-refractivity contribution >= 4 is 12.3 Å². The molecule has 0 N–H and O–H groups in total. The van der Waals surface area contributed by atoms with Crippen LogP contribution < -0.4 is 0 Å². The minimum atomic E-state index is -0.821. The van der Waals surface area contributed by atoms with E-state index in [0.29, 0.717) is 5.56 Å². The van der Waals surface area contributed by atoms with E-state index in [-0.39, 0.29) is 5.78 Å². The van der Waals surface area contributed by atoms with Crippen LogP contribution in [-0.4, -0.2) is 12.3 Å². The van der Waals surface area contributed by atoms with Crippen LogP contribution in [-0.2, 0) is 14.3 Å². The van der Waals surface area contributed by atoms with Crippen LogP contribution in [0.25, 0.3) is 0 Å². The molecular formula is C10H9O3. The second-order valence-corrected chi connectivity index (χ2v) is 2.60. The van der Waals surface area contributed by atoms with E-state index >= 15 is 0 Å². The molecule has 1 aromatic rings. The number of Topliss-reactive ketones (excluding diaryl/α,β-unsaturated/α-hetero) is 1. The van der Waals surface area contributed by atoms with Gasteiger partial charge in [0.15, 0.2) is 11.9 Å². The van der Waals surface area contributed by atoms with Gasteiger partial charge in [0.05, 0.1) is 0 Å². The summed E-state index contributed by atoms with van der Waals surface area (Å²) in [6.07, 6.45) is -0.821. The van der Waals surface area contributed by atoms with E-state index in [9.17, 15) is 9.59 Å². The molecule has 1 atom stereocenters. The second kappa shape index (κ2) is 4.40. The summed E-state index contributed by atoms with van der Waals surface area (Å²) in [4.78, 5) is 21.0. The van der Waals surface area contributed by atoms with Crippen LogP contribution in [0.4, 0.5) is 0 Å². The Morgan fingerprint density at radius 2 is 2.00 bits per heavy atom. The molecular weight excluding hydrogens is 168 g/mol. The number of ether oxygens (including phenoxy) is 1. The van der Waals surface area contributed by atoms with Gasteiger partial charge in [-0.15, -0.1) is 0 Å². The summed E-state index contributed by atoms with van der Waals surface area (Å²) in [6.45, 7) is 2.65. The van der Waals surface area contributed by atoms with E-state index in [1.807, 2.05) is 6.07 Å². The van der Waals surface area contributed by atoms with Crippen LogP contribution in [0.5, 0.6) is 0 Å². The first-order valence-electron chi connectivity index (χ1n) is 3.84. The summed E-state index contributed by atoms with van der Waals surface area (Å²) in [5.74, 6) is -0.213. The maximum Gasteiger partial charge on any atom is 0.418 e. The minimum absolute atomic E-state index is 0.213. The first-order valence-corrected chi connectivity index (χ1v) is 3.84. The first kappa shape index (κ1) is 9.45. The monoisotopic (exact) mass is 177 g/mol. The molecule has 1 rings (SSSR count). The number of hydrogen-bond donors (Lipinski definition) is 0. The maximum absolute atomic E-state index is 11.0. The Bertz CT molecular complexity index is 292. The molecule has 0 amide bonds. The molecule has 0 saturated carbocycles. The van der Waals surface area contributed by atoms with Gasteiger partial charge in [0.1, 0.15) is 0 Å². The summed E-state index contributed by atoms with van der Waals surface area (Å²) >= 11 is 0. The second-order valence-electron chi connectivity index (χ2n) is 2.60. The van der Waals surface area contributed by atoms with Crippen molar-refractivity contribution in [3.63, 3.8) is 0 Å². The summed E-state index contributed by atoms with van der Waals surface area (Å²) < 4.78 is 4.53. The van der Waals surface area contributed by atoms with Crippen molar-refractivity contribution in [1.29, 1.82) is 0 Å². The smallest absolute Gasteiger partial charge is 0.418 e. The highest BCUT2D eigenvalue weighted by Gasteiger charge is 2.17. The molecule has 0 spiro atoms. The quantitative estimate of drug-likeness (QED) is 0.698. The zero-order valence-corrected chi connectivity index (χ0v) is 7.19. The molecule has 67 valence electrons. The van der Waals surface area contributed by atoms with Gasteiger partial charge in [-0.3, -0.25) is 4.79 Å². The summed E-state index contributed by atoms with van der Waals surface area (Å²) in [7, 11) is 0. The van der Waals surface area contributed by atoms with Gasteiger partial charge in [0, 0.05) is 0 Å². The largest absolute Gasteiger partial charge is 0.441 e. The highest BCUT2D eigenvalue weighted by Crippen LogP contribution is 2.16. The van der Waals surface area contributed by atoms with E-state index in [1.54, 1.807) is 24.3 Å². The fourth-order valence-electron chi connectivity index (χ4n) is 1.06. The van der Waals surface area contributed by atoms with E-state index in [2.05, 4.69) is 4.74 Å². The number of benzene rings is 1. The van der Waals surface area contributed by atoms with Crippen molar-refractivity contribution in [1.82, 2.24) is 0 Å². The van der Waals surface area contributed by atoms with Crippen molar-refractivity contribution in [2.45, 2.75) is 13.0 Å². The van der Waals surface area contributed by atoms with Crippen LogP contribution >= 0.6 is 0 Å². The molecule has 13 heavy (non-hydrogen) atoms. The van der Waals surface area contributed by atoms with Gasteiger partial charge >= 0.3 is 6.47 Å². The Hall–Kier alpha value is -1.64. The third-order valence-corrected chi connectivity index (χ3v) is 1.64. The zero-order valence-electron chi connectivity index (χ0n) is 7.19. The van der Waals surface area contributed by atoms with Gasteiger partial charge in [-0.05, 0) is 12.5 Å². The van der Waals surface area contributed by atoms with Gasteiger partial charge in [-0.25, -0.2) is 4.79 Å². The molecule has 0 aliphatic carbocycles. The van der Waals surface area contributed by atoms with Crippen molar-refractivity contribution in [3.8, 4) is 0 Å². The van der Waals surface area contributed by atoms with Gasteiger partial charge in [0.25, 0.3) is 0 Å².